The molecule has 2 aromatic rings. The second-order valence-corrected chi connectivity index (χ2v) is 7.36. The van der Waals surface area contributed by atoms with E-state index in [4.69, 9.17) is 5.11 Å². The number of benzene rings is 2. The number of aryl methyl sites for hydroxylation is 1. The molecule has 0 bridgehead atoms. The number of amides is 2. The molecular weight excluding hydrogens is 364 g/mol. The van der Waals surface area contributed by atoms with E-state index >= 15 is 0 Å². The van der Waals surface area contributed by atoms with Crippen molar-refractivity contribution in [2.45, 2.75) is 19.4 Å². The predicted octanol–water partition coefficient (Wildman–Crippen LogP) is 2.78. The van der Waals surface area contributed by atoms with Gasteiger partial charge in [0.05, 0.1) is 17.9 Å². The van der Waals surface area contributed by atoms with E-state index in [9.17, 15) is 14.4 Å². The molecule has 6 nitrogen and oxygen atoms in total. The molecule has 2 N–H and O–H groups in total. The summed E-state index contributed by atoms with van der Waals surface area (Å²) in [5.74, 6) is -0.312. The molecule has 140 valence electrons. The van der Waals surface area contributed by atoms with Crippen LogP contribution in [0.25, 0.3) is 0 Å². The number of carbonyl (C=O) groups is 3. The molecule has 1 saturated heterocycles. The lowest BCUT2D eigenvalue weighted by Gasteiger charge is -2.23. The third-order valence-corrected chi connectivity index (χ3v) is 5.48. The first-order valence-electron chi connectivity index (χ1n) is 8.51. The Kier molecular flexibility index (Phi) is 5.81. The van der Waals surface area contributed by atoms with Crippen molar-refractivity contribution < 1.29 is 19.5 Å². The maximum Gasteiger partial charge on any atom is 0.335 e. The van der Waals surface area contributed by atoms with Crippen molar-refractivity contribution in [2.75, 3.05) is 16.9 Å². The van der Waals surface area contributed by atoms with Crippen molar-refractivity contribution in [3.05, 3.63) is 65.2 Å². The summed E-state index contributed by atoms with van der Waals surface area (Å²) in [5, 5.41) is 11.9. The maximum absolute atomic E-state index is 12.7. The summed E-state index contributed by atoms with van der Waals surface area (Å²) in [6, 6.07) is 13.2. The van der Waals surface area contributed by atoms with Gasteiger partial charge in [-0.05, 0) is 36.2 Å². The molecule has 0 spiro atoms. The fourth-order valence-electron chi connectivity index (χ4n) is 2.88. The van der Waals surface area contributed by atoms with Gasteiger partial charge in [-0.25, -0.2) is 4.79 Å². The van der Waals surface area contributed by atoms with E-state index in [2.05, 4.69) is 5.32 Å². The minimum Gasteiger partial charge on any atom is -0.478 e. The number of carbonyl (C=O) groups excluding carboxylic acids is 2. The summed E-state index contributed by atoms with van der Waals surface area (Å²) in [7, 11) is 0. The van der Waals surface area contributed by atoms with Crippen molar-refractivity contribution in [1.82, 2.24) is 4.90 Å². The molecule has 1 unspecified atom stereocenters. The highest BCUT2D eigenvalue weighted by atomic mass is 32.2. The van der Waals surface area contributed by atoms with Gasteiger partial charge in [-0.15, -0.1) is 11.8 Å². The molecule has 1 atom stereocenters. The van der Waals surface area contributed by atoms with Crippen molar-refractivity contribution >= 4 is 35.2 Å². The van der Waals surface area contributed by atoms with E-state index in [-0.39, 0.29) is 23.8 Å². The van der Waals surface area contributed by atoms with Crippen LogP contribution in [-0.2, 0) is 16.0 Å². The monoisotopic (exact) mass is 384 g/mol. The zero-order valence-electron chi connectivity index (χ0n) is 14.8. The third kappa shape index (κ3) is 4.49. The minimum absolute atomic E-state index is 0.134. The molecule has 1 fully saturated rings. The summed E-state index contributed by atoms with van der Waals surface area (Å²) in [5.41, 5.74) is 2.61. The van der Waals surface area contributed by atoms with Gasteiger partial charge in [0.15, 0.2) is 0 Å². The standard InChI is InChI=1S/C20H20N2O4S/c1-13-4-2-3-5-16(13)21-19(24)17-11-27-12-22(17)18(23)10-14-6-8-15(9-7-14)20(25)26/h2-9,17H,10-12H2,1H3,(H,21,24)(H,25,26). The van der Waals surface area contributed by atoms with Crippen LogP contribution in [-0.4, -0.2) is 45.5 Å². The number of carboxylic acids is 1. The molecule has 2 aromatic carbocycles. The molecule has 0 aliphatic carbocycles. The molecule has 1 aliphatic rings. The van der Waals surface area contributed by atoms with Crippen LogP contribution in [0.2, 0.25) is 0 Å². The van der Waals surface area contributed by atoms with Gasteiger partial charge in [-0.2, -0.15) is 0 Å². The molecule has 27 heavy (non-hydrogen) atoms. The Morgan fingerprint density at radius 2 is 1.85 bits per heavy atom. The van der Waals surface area contributed by atoms with Crippen molar-refractivity contribution in [2.24, 2.45) is 0 Å². The summed E-state index contributed by atoms with van der Waals surface area (Å²) in [4.78, 5) is 37.9. The molecule has 1 heterocycles. The molecule has 0 radical (unpaired) electrons. The van der Waals surface area contributed by atoms with Gasteiger partial charge in [0.25, 0.3) is 0 Å². The Hall–Kier alpha value is -2.80. The lowest BCUT2D eigenvalue weighted by Crippen LogP contribution is -2.45. The Labute approximate surface area is 161 Å². The smallest absolute Gasteiger partial charge is 0.335 e. The minimum atomic E-state index is -1.00. The largest absolute Gasteiger partial charge is 0.478 e. The van der Waals surface area contributed by atoms with Crippen LogP contribution in [0.15, 0.2) is 48.5 Å². The van der Waals surface area contributed by atoms with Crippen molar-refractivity contribution in [1.29, 1.82) is 0 Å². The first-order valence-corrected chi connectivity index (χ1v) is 9.67. The molecule has 2 amide bonds. The fraction of sp³-hybridized carbons (Fsp3) is 0.250. The summed E-state index contributed by atoms with van der Waals surface area (Å²) >= 11 is 1.55. The molecule has 0 aromatic heterocycles. The summed E-state index contributed by atoms with van der Waals surface area (Å²) < 4.78 is 0. The lowest BCUT2D eigenvalue weighted by atomic mass is 10.1. The topological polar surface area (TPSA) is 86.7 Å². The van der Waals surface area contributed by atoms with Crippen LogP contribution in [0.3, 0.4) is 0 Å². The summed E-state index contributed by atoms with van der Waals surface area (Å²) in [6.07, 6.45) is 0.134. The molecule has 7 heteroatoms. The number of nitrogens with one attached hydrogen (secondary N) is 1. The number of nitrogens with zero attached hydrogens (tertiary/aromatic N) is 1. The first-order chi connectivity index (χ1) is 13.0. The molecule has 0 saturated carbocycles. The second-order valence-electron chi connectivity index (χ2n) is 6.36. The van der Waals surface area contributed by atoms with Crippen LogP contribution in [0, 0.1) is 6.92 Å². The number of hydrogen-bond acceptors (Lipinski definition) is 4. The Morgan fingerprint density at radius 1 is 1.15 bits per heavy atom. The second kappa shape index (κ2) is 8.26. The number of para-hydroxylation sites is 1. The lowest BCUT2D eigenvalue weighted by molar-refractivity contribution is -0.135. The molecule has 3 rings (SSSR count). The van der Waals surface area contributed by atoms with E-state index in [0.29, 0.717) is 11.6 Å². The van der Waals surface area contributed by atoms with E-state index < -0.39 is 12.0 Å². The molecular formula is C20H20N2O4S. The van der Waals surface area contributed by atoms with Crippen LogP contribution in [0.1, 0.15) is 21.5 Å². The van der Waals surface area contributed by atoms with Crippen molar-refractivity contribution in [3.63, 3.8) is 0 Å². The number of rotatable bonds is 5. The average Bonchev–Trinajstić information content (AvgIpc) is 3.14. The van der Waals surface area contributed by atoms with Gasteiger partial charge in [0.1, 0.15) is 6.04 Å². The Bertz CT molecular complexity index is 867. The number of thioether (sulfide) groups is 1. The van der Waals surface area contributed by atoms with Crippen LogP contribution >= 0.6 is 11.8 Å². The molecule has 1 aliphatic heterocycles. The zero-order valence-corrected chi connectivity index (χ0v) is 15.7. The normalized spacial score (nSPS) is 16.2. The van der Waals surface area contributed by atoms with E-state index in [1.807, 2.05) is 31.2 Å². The number of hydrogen-bond donors (Lipinski definition) is 2. The SMILES string of the molecule is Cc1ccccc1NC(=O)C1CSCN1C(=O)Cc1ccc(C(=O)O)cc1. The van der Waals surface area contributed by atoms with E-state index in [1.54, 1.807) is 28.8 Å². The Balaban J connectivity index is 1.66. The third-order valence-electron chi connectivity index (χ3n) is 4.46. The van der Waals surface area contributed by atoms with Gasteiger partial charge < -0.3 is 15.3 Å². The maximum atomic E-state index is 12.7. The highest BCUT2D eigenvalue weighted by molar-refractivity contribution is 7.99. The van der Waals surface area contributed by atoms with E-state index in [0.717, 1.165) is 16.8 Å². The number of aromatic carboxylic acids is 1. The van der Waals surface area contributed by atoms with Gasteiger partial charge in [0.2, 0.25) is 11.8 Å². The number of anilines is 1. The van der Waals surface area contributed by atoms with E-state index in [1.165, 1.54) is 12.1 Å². The average molecular weight is 384 g/mol. The predicted molar refractivity (Wildman–Crippen MR) is 105 cm³/mol. The van der Waals surface area contributed by atoms with Crippen LogP contribution in [0.5, 0.6) is 0 Å². The van der Waals surface area contributed by atoms with Crippen molar-refractivity contribution in [3.8, 4) is 0 Å². The quantitative estimate of drug-likeness (QED) is 0.828. The summed E-state index contributed by atoms with van der Waals surface area (Å²) in [6.45, 7) is 1.92. The number of carboxylic acid groups (broad SMARTS) is 1. The van der Waals surface area contributed by atoms with Gasteiger partial charge in [-0.1, -0.05) is 30.3 Å². The first kappa shape index (κ1) is 19.0. The Morgan fingerprint density at radius 3 is 2.52 bits per heavy atom. The van der Waals surface area contributed by atoms with Gasteiger partial charge >= 0.3 is 5.97 Å². The zero-order chi connectivity index (χ0) is 19.4. The van der Waals surface area contributed by atoms with Gasteiger partial charge in [0, 0.05) is 11.4 Å². The fourth-order valence-corrected chi connectivity index (χ4v) is 4.06. The van der Waals surface area contributed by atoms with Crippen LogP contribution in [0.4, 0.5) is 5.69 Å². The van der Waals surface area contributed by atoms with Gasteiger partial charge in [-0.3, -0.25) is 9.59 Å². The highest BCUT2D eigenvalue weighted by Gasteiger charge is 2.34. The van der Waals surface area contributed by atoms with Crippen LogP contribution < -0.4 is 5.32 Å². The highest BCUT2D eigenvalue weighted by Crippen LogP contribution is 2.24.